The van der Waals surface area contributed by atoms with Gasteiger partial charge in [0.2, 0.25) is 0 Å². The third-order valence-electron chi connectivity index (χ3n) is 9.65. The smallest absolute Gasteiger partial charge is 0.264 e. The van der Waals surface area contributed by atoms with E-state index in [-0.39, 0.29) is 30.1 Å². The molecule has 1 amide bonds. The van der Waals surface area contributed by atoms with Crippen molar-refractivity contribution in [2.24, 2.45) is 5.92 Å². The molecule has 2 aliphatic heterocycles. The lowest BCUT2D eigenvalue weighted by Crippen LogP contribution is -2.51. The van der Waals surface area contributed by atoms with Gasteiger partial charge in [0, 0.05) is 45.3 Å². The quantitative estimate of drug-likeness (QED) is 0.156. The monoisotopic (exact) mass is 800 g/mol. The molecule has 3 aromatic carbocycles. The maximum Gasteiger partial charge on any atom is 0.264 e. The number of rotatable bonds is 10. The summed E-state index contributed by atoms with van der Waals surface area (Å²) in [4.78, 5) is 16.8. The second-order valence-electron chi connectivity index (χ2n) is 12.6. The SMILES string of the molecule is COc1ccc([Si](C)(C)[C@H]2[C@H](CCn3cc(CCO)nn3)O[C@@]3(C(=O)N(Cc4ccc(I)cc4)c4ccc(Br)cc43)[C@@H]2C)cc1. The number of nitrogens with zero attached hydrogens (tertiary/aromatic N) is 4. The summed E-state index contributed by atoms with van der Waals surface area (Å²) >= 11 is 6.01. The zero-order valence-electron chi connectivity index (χ0n) is 25.9. The van der Waals surface area contributed by atoms with Gasteiger partial charge in [-0.05, 0) is 82.6 Å². The van der Waals surface area contributed by atoms with Crippen LogP contribution in [-0.4, -0.2) is 53.9 Å². The van der Waals surface area contributed by atoms with Crippen molar-refractivity contribution < 1.29 is 19.4 Å². The standard InChI is InChI=1S/C34H38BrIN4O4Si/c1-22-32(45(3,4)28-12-10-27(43-2)11-13-28)31(15-17-39-21-26(16-18-41)37-38-39)44-34(22)29-19-24(35)7-14-30(29)40(33(34)42)20-23-5-8-25(36)9-6-23/h5-14,19,21-22,31-32,41H,15-18,20H2,1-4H3/t22-,31+,32-,34+/m1/s1. The van der Waals surface area contributed by atoms with E-state index in [0.29, 0.717) is 25.9 Å². The van der Waals surface area contributed by atoms with Gasteiger partial charge in [-0.25, -0.2) is 0 Å². The van der Waals surface area contributed by atoms with E-state index >= 15 is 0 Å². The number of carbonyl (C=O) groups is 1. The highest BCUT2D eigenvalue weighted by atomic mass is 127. The number of hydrogen-bond acceptors (Lipinski definition) is 6. The van der Waals surface area contributed by atoms with Gasteiger partial charge in [0.25, 0.3) is 5.91 Å². The van der Waals surface area contributed by atoms with Crippen molar-refractivity contribution in [3.63, 3.8) is 0 Å². The first kappa shape index (κ1) is 32.4. The number of aryl methyl sites for hydroxylation is 1. The number of aliphatic hydroxyl groups excluding tert-OH is 1. The van der Waals surface area contributed by atoms with Crippen LogP contribution in [0.4, 0.5) is 5.69 Å². The van der Waals surface area contributed by atoms with Crippen LogP contribution in [0.2, 0.25) is 18.6 Å². The Hall–Kier alpha value is -2.58. The Bertz CT molecular complexity index is 1680. The van der Waals surface area contributed by atoms with E-state index in [1.54, 1.807) is 7.11 Å². The molecule has 6 rings (SSSR count). The molecule has 1 fully saturated rings. The Morgan fingerprint density at radius 3 is 2.53 bits per heavy atom. The highest BCUT2D eigenvalue weighted by Crippen LogP contribution is 2.60. The zero-order valence-corrected chi connectivity index (χ0v) is 30.7. The number of amides is 1. The van der Waals surface area contributed by atoms with Crippen LogP contribution >= 0.6 is 38.5 Å². The van der Waals surface area contributed by atoms with Crippen molar-refractivity contribution in [3.05, 3.63) is 97.8 Å². The van der Waals surface area contributed by atoms with Gasteiger partial charge in [-0.1, -0.05) is 70.6 Å². The fourth-order valence-electron chi connectivity index (χ4n) is 7.42. The highest BCUT2D eigenvalue weighted by molar-refractivity contribution is 14.1. The normalized spacial score (nSPS) is 22.8. The largest absolute Gasteiger partial charge is 0.497 e. The molecule has 4 atom stereocenters. The Morgan fingerprint density at radius 1 is 1.11 bits per heavy atom. The Balaban J connectivity index is 1.41. The van der Waals surface area contributed by atoms with Crippen molar-refractivity contribution in [2.75, 3.05) is 18.6 Å². The predicted molar refractivity (Wildman–Crippen MR) is 189 cm³/mol. The fraction of sp³-hybridized carbons (Fsp3) is 0.382. The lowest BCUT2D eigenvalue weighted by Gasteiger charge is -2.37. The second kappa shape index (κ2) is 12.9. The molecule has 11 heteroatoms. The number of benzene rings is 3. The summed E-state index contributed by atoms with van der Waals surface area (Å²) in [6.07, 6.45) is 2.85. The predicted octanol–water partition coefficient (Wildman–Crippen LogP) is 6.04. The summed E-state index contributed by atoms with van der Waals surface area (Å²) in [5, 5.41) is 19.2. The summed E-state index contributed by atoms with van der Waals surface area (Å²) in [5.41, 5.74) is 2.68. The number of fused-ring (bicyclic) bond motifs is 2. The van der Waals surface area contributed by atoms with E-state index in [4.69, 9.17) is 9.47 Å². The molecule has 1 saturated heterocycles. The minimum Gasteiger partial charge on any atom is -0.497 e. The molecule has 1 N–H and O–H groups in total. The van der Waals surface area contributed by atoms with Gasteiger partial charge in [0.1, 0.15) is 5.75 Å². The average molecular weight is 802 g/mol. The topological polar surface area (TPSA) is 89.7 Å². The number of methoxy groups -OCH3 is 1. The maximum atomic E-state index is 14.9. The van der Waals surface area contributed by atoms with E-state index in [0.717, 1.165) is 36.3 Å². The average Bonchev–Trinajstić information content (AvgIpc) is 3.67. The lowest BCUT2D eigenvalue weighted by molar-refractivity contribution is -0.146. The maximum absolute atomic E-state index is 14.9. The molecule has 0 saturated carbocycles. The minimum absolute atomic E-state index is 0.000307. The number of aromatic nitrogens is 3. The first-order valence-electron chi connectivity index (χ1n) is 15.3. The van der Waals surface area contributed by atoms with Gasteiger partial charge in [-0.2, -0.15) is 0 Å². The fourth-order valence-corrected chi connectivity index (χ4v) is 12.2. The number of aliphatic hydroxyl groups is 1. The van der Waals surface area contributed by atoms with E-state index in [1.165, 1.54) is 5.19 Å². The molecule has 236 valence electrons. The molecule has 0 bridgehead atoms. The van der Waals surface area contributed by atoms with Crippen molar-refractivity contribution >= 4 is 63.4 Å². The van der Waals surface area contributed by atoms with Crippen LogP contribution in [0.5, 0.6) is 5.75 Å². The second-order valence-corrected chi connectivity index (χ2v) is 19.4. The number of anilines is 1. The Labute approximate surface area is 287 Å². The molecular formula is C34H38BrIN4O4Si. The van der Waals surface area contributed by atoms with E-state index in [2.05, 4.69) is 111 Å². The summed E-state index contributed by atoms with van der Waals surface area (Å²) < 4.78 is 16.6. The van der Waals surface area contributed by atoms with Crippen molar-refractivity contribution in [1.82, 2.24) is 15.0 Å². The summed E-state index contributed by atoms with van der Waals surface area (Å²) in [7, 11) is -0.572. The van der Waals surface area contributed by atoms with Gasteiger partial charge in [-0.15, -0.1) is 5.10 Å². The van der Waals surface area contributed by atoms with Gasteiger partial charge >= 0.3 is 0 Å². The number of hydrogen-bond donors (Lipinski definition) is 1. The third kappa shape index (κ3) is 5.90. The van der Waals surface area contributed by atoms with Crippen LogP contribution in [0.3, 0.4) is 0 Å². The molecule has 0 unspecified atom stereocenters. The first-order valence-corrected chi connectivity index (χ1v) is 20.2. The molecule has 45 heavy (non-hydrogen) atoms. The van der Waals surface area contributed by atoms with Crippen molar-refractivity contribution in [2.45, 2.75) is 63.2 Å². The molecule has 3 heterocycles. The van der Waals surface area contributed by atoms with Crippen LogP contribution in [0.15, 0.2) is 77.4 Å². The Morgan fingerprint density at radius 2 is 1.84 bits per heavy atom. The molecule has 0 aliphatic carbocycles. The third-order valence-corrected chi connectivity index (χ3v) is 15.2. The van der Waals surface area contributed by atoms with Crippen LogP contribution < -0.4 is 14.8 Å². The molecule has 2 aliphatic rings. The van der Waals surface area contributed by atoms with Crippen LogP contribution in [0, 0.1) is 9.49 Å². The van der Waals surface area contributed by atoms with E-state index in [9.17, 15) is 9.90 Å². The van der Waals surface area contributed by atoms with Crippen LogP contribution in [0.25, 0.3) is 0 Å². The zero-order chi connectivity index (χ0) is 31.9. The van der Waals surface area contributed by atoms with E-state index < -0.39 is 13.7 Å². The van der Waals surface area contributed by atoms with Gasteiger partial charge in [-0.3, -0.25) is 9.48 Å². The summed E-state index contributed by atoms with van der Waals surface area (Å²) in [6, 6.07) is 22.9. The van der Waals surface area contributed by atoms with E-state index in [1.807, 2.05) is 40.0 Å². The molecule has 8 nitrogen and oxygen atoms in total. The number of halogens is 2. The minimum atomic E-state index is -2.26. The molecule has 1 aromatic heterocycles. The highest BCUT2D eigenvalue weighted by Gasteiger charge is 2.66. The summed E-state index contributed by atoms with van der Waals surface area (Å²) in [5.74, 6) is 0.738. The van der Waals surface area contributed by atoms with Crippen molar-refractivity contribution in [1.29, 1.82) is 0 Å². The molecular weight excluding hydrogens is 763 g/mol. The molecule has 4 aromatic rings. The molecule has 0 radical (unpaired) electrons. The number of ether oxygens (including phenoxy) is 2. The first-order chi connectivity index (χ1) is 21.6. The number of carbonyl (C=O) groups excluding carboxylic acids is 1. The van der Waals surface area contributed by atoms with Gasteiger partial charge < -0.3 is 19.5 Å². The van der Waals surface area contributed by atoms with Gasteiger partial charge in [0.05, 0.1) is 39.2 Å². The summed E-state index contributed by atoms with van der Waals surface area (Å²) in [6.45, 7) is 8.11. The Kier molecular flexibility index (Phi) is 9.28. The van der Waals surface area contributed by atoms with Crippen molar-refractivity contribution in [3.8, 4) is 5.75 Å². The lowest BCUT2D eigenvalue weighted by atomic mass is 9.82. The van der Waals surface area contributed by atoms with Gasteiger partial charge in [0.15, 0.2) is 5.60 Å². The van der Waals surface area contributed by atoms with Crippen LogP contribution in [-0.2, 0) is 34.6 Å². The molecule has 1 spiro atoms. The van der Waals surface area contributed by atoms with Crippen LogP contribution in [0.1, 0.15) is 30.2 Å².